The van der Waals surface area contributed by atoms with Gasteiger partial charge in [0, 0.05) is 24.7 Å². The van der Waals surface area contributed by atoms with Gasteiger partial charge in [-0.3, -0.25) is 4.98 Å². The first kappa shape index (κ1) is 15.5. The summed E-state index contributed by atoms with van der Waals surface area (Å²) in [5, 5.41) is 11.8. The molecule has 1 aromatic heterocycles. The van der Waals surface area contributed by atoms with Crippen LogP contribution in [-0.2, 0) is 6.54 Å². The maximum atomic E-state index is 8.47. The van der Waals surface area contributed by atoms with Gasteiger partial charge < -0.3 is 10.1 Å². The summed E-state index contributed by atoms with van der Waals surface area (Å²) in [6, 6.07) is 6.50. The van der Waals surface area contributed by atoms with Crippen LogP contribution in [0.1, 0.15) is 44.5 Å². The molecule has 1 heterocycles. The van der Waals surface area contributed by atoms with Crippen LogP contribution in [-0.4, -0.2) is 17.6 Å². The molecular weight excluding hydrogens is 238 g/mol. The number of pyridine rings is 1. The van der Waals surface area contributed by atoms with Crippen LogP contribution >= 0.6 is 0 Å². The fourth-order valence-corrected chi connectivity index (χ4v) is 1.64. The second-order valence-electron chi connectivity index (χ2n) is 4.90. The zero-order chi connectivity index (χ0) is 14.1. The van der Waals surface area contributed by atoms with Crippen molar-refractivity contribution in [2.45, 2.75) is 52.6 Å². The average Bonchev–Trinajstić information content (AvgIpc) is 2.38. The van der Waals surface area contributed by atoms with Gasteiger partial charge in [-0.2, -0.15) is 5.26 Å². The maximum absolute atomic E-state index is 8.47. The Morgan fingerprint density at radius 3 is 2.84 bits per heavy atom. The molecule has 0 saturated carbocycles. The van der Waals surface area contributed by atoms with E-state index in [-0.39, 0.29) is 0 Å². The molecule has 0 unspecified atom stereocenters. The number of hydrogen-bond donors (Lipinski definition) is 1. The third kappa shape index (κ3) is 6.21. The van der Waals surface area contributed by atoms with Crippen molar-refractivity contribution in [1.82, 2.24) is 10.3 Å². The van der Waals surface area contributed by atoms with E-state index in [9.17, 15) is 0 Å². The van der Waals surface area contributed by atoms with Gasteiger partial charge in [-0.1, -0.05) is 13.8 Å². The number of nitriles is 1. The molecule has 0 fully saturated rings. The number of unbranched alkanes of at least 4 members (excludes halogenated alkanes) is 2. The molecule has 0 aliphatic rings. The lowest BCUT2D eigenvalue weighted by Crippen LogP contribution is -2.23. The summed E-state index contributed by atoms with van der Waals surface area (Å²) >= 11 is 0. The van der Waals surface area contributed by atoms with Crippen LogP contribution in [0.4, 0.5) is 0 Å². The summed E-state index contributed by atoms with van der Waals surface area (Å²) < 4.78 is 5.76. The molecule has 0 atom stereocenters. The third-order valence-electron chi connectivity index (χ3n) is 2.69. The molecule has 0 aromatic carbocycles. The fraction of sp³-hybridized carbons (Fsp3) is 0.600. The number of hydrogen-bond acceptors (Lipinski definition) is 4. The zero-order valence-electron chi connectivity index (χ0n) is 12.1. The minimum absolute atomic E-state index is 0.422. The van der Waals surface area contributed by atoms with Gasteiger partial charge in [0.2, 0.25) is 0 Å². The molecule has 0 spiro atoms. The summed E-state index contributed by atoms with van der Waals surface area (Å²) in [5.74, 6) is 0.843. The van der Waals surface area contributed by atoms with Gasteiger partial charge in [-0.15, -0.1) is 0 Å². The van der Waals surface area contributed by atoms with Crippen LogP contribution < -0.4 is 10.1 Å². The highest BCUT2D eigenvalue weighted by Gasteiger charge is 2.06. The first-order valence-corrected chi connectivity index (χ1v) is 6.83. The first-order valence-electron chi connectivity index (χ1n) is 6.83. The predicted molar refractivity (Wildman–Crippen MR) is 75.9 cm³/mol. The second kappa shape index (κ2) is 8.49. The van der Waals surface area contributed by atoms with E-state index in [1.54, 1.807) is 0 Å². The van der Waals surface area contributed by atoms with Crippen molar-refractivity contribution in [1.29, 1.82) is 5.26 Å². The van der Waals surface area contributed by atoms with Gasteiger partial charge in [-0.05, 0) is 31.9 Å². The summed E-state index contributed by atoms with van der Waals surface area (Å²) in [7, 11) is 0. The maximum Gasteiger partial charge on any atom is 0.142 e. The molecule has 0 radical (unpaired) electrons. The Bertz CT molecular complexity index is 424. The van der Waals surface area contributed by atoms with Crippen molar-refractivity contribution in [3.63, 3.8) is 0 Å². The zero-order valence-corrected chi connectivity index (χ0v) is 12.1. The number of nitrogens with zero attached hydrogens (tertiary/aromatic N) is 2. The largest absolute Gasteiger partial charge is 0.492 e. The molecular formula is C15H23N3O. The quantitative estimate of drug-likeness (QED) is 0.731. The molecule has 0 amide bonds. The van der Waals surface area contributed by atoms with Gasteiger partial charge >= 0.3 is 0 Å². The lowest BCUT2D eigenvalue weighted by atomic mass is 10.2. The van der Waals surface area contributed by atoms with Crippen molar-refractivity contribution in [3.05, 3.63) is 23.5 Å². The summed E-state index contributed by atoms with van der Waals surface area (Å²) in [5.41, 5.74) is 1.95. The summed E-state index contributed by atoms with van der Waals surface area (Å²) in [6.07, 6.45) is 2.38. The van der Waals surface area contributed by atoms with E-state index in [0.29, 0.717) is 25.6 Å². The Labute approximate surface area is 115 Å². The molecule has 0 bridgehead atoms. The number of nitrogens with one attached hydrogen (secondary N) is 1. The molecule has 19 heavy (non-hydrogen) atoms. The summed E-state index contributed by atoms with van der Waals surface area (Å²) in [6.45, 7) is 7.56. The molecule has 1 rings (SSSR count). The Balaban J connectivity index is 2.53. The third-order valence-corrected chi connectivity index (χ3v) is 2.69. The van der Waals surface area contributed by atoms with Gasteiger partial charge in [0.25, 0.3) is 0 Å². The predicted octanol–water partition coefficient (Wildman–Crippen LogP) is 2.96. The van der Waals surface area contributed by atoms with E-state index < -0.39 is 0 Å². The van der Waals surface area contributed by atoms with Crippen LogP contribution in [0.25, 0.3) is 0 Å². The van der Waals surface area contributed by atoms with E-state index >= 15 is 0 Å². The van der Waals surface area contributed by atoms with E-state index in [4.69, 9.17) is 10.00 Å². The molecule has 104 valence electrons. The second-order valence-corrected chi connectivity index (χ2v) is 4.90. The number of aromatic nitrogens is 1. The van der Waals surface area contributed by atoms with Gasteiger partial charge in [-0.25, -0.2) is 0 Å². The van der Waals surface area contributed by atoms with E-state index in [2.05, 4.69) is 30.2 Å². The Morgan fingerprint density at radius 2 is 2.16 bits per heavy atom. The Morgan fingerprint density at radius 1 is 1.37 bits per heavy atom. The van der Waals surface area contributed by atoms with Crippen molar-refractivity contribution in [2.24, 2.45) is 0 Å². The highest BCUT2D eigenvalue weighted by atomic mass is 16.5. The molecule has 1 aromatic rings. The number of aryl methyl sites for hydroxylation is 1. The van der Waals surface area contributed by atoms with Crippen molar-refractivity contribution in [3.8, 4) is 11.8 Å². The average molecular weight is 261 g/mol. The van der Waals surface area contributed by atoms with Crippen molar-refractivity contribution in [2.75, 3.05) is 6.61 Å². The highest BCUT2D eigenvalue weighted by Crippen LogP contribution is 2.17. The van der Waals surface area contributed by atoms with E-state index in [0.717, 1.165) is 30.0 Å². The van der Waals surface area contributed by atoms with Crippen molar-refractivity contribution < 1.29 is 4.74 Å². The van der Waals surface area contributed by atoms with E-state index in [1.807, 2.05) is 19.1 Å². The minimum atomic E-state index is 0.422. The van der Waals surface area contributed by atoms with Gasteiger partial charge in [0.05, 0.1) is 18.4 Å². The minimum Gasteiger partial charge on any atom is -0.492 e. The van der Waals surface area contributed by atoms with Crippen LogP contribution in [0.2, 0.25) is 0 Å². The Hall–Kier alpha value is -1.60. The molecule has 4 heteroatoms. The van der Waals surface area contributed by atoms with Gasteiger partial charge in [0.15, 0.2) is 0 Å². The number of rotatable bonds is 8. The highest BCUT2D eigenvalue weighted by molar-refractivity contribution is 5.29. The summed E-state index contributed by atoms with van der Waals surface area (Å²) in [4.78, 5) is 4.52. The number of ether oxygens (including phenoxy) is 1. The van der Waals surface area contributed by atoms with E-state index in [1.165, 1.54) is 0 Å². The monoisotopic (exact) mass is 261 g/mol. The molecule has 0 saturated heterocycles. The molecule has 0 aliphatic carbocycles. The smallest absolute Gasteiger partial charge is 0.142 e. The fourth-order valence-electron chi connectivity index (χ4n) is 1.64. The van der Waals surface area contributed by atoms with Crippen LogP contribution in [0.15, 0.2) is 12.1 Å². The Kier molecular flexibility index (Phi) is 6.91. The molecule has 4 nitrogen and oxygen atoms in total. The SMILES string of the molecule is Cc1ccc(OCCCCC#N)c(CNC(C)C)n1. The van der Waals surface area contributed by atoms with Crippen LogP contribution in [0, 0.1) is 18.3 Å². The molecule has 1 N–H and O–H groups in total. The lowest BCUT2D eigenvalue weighted by molar-refractivity contribution is 0.301. The van der Waals surface area contributed by atoms with Gasteiger partial charge in [0.1, 0.15) is 5.75 Å². The first-order chi connectivity index (χ1) is 9.13. The topological polar surface area (TPSA) is 57.9 Å². The van der Waals surface area contributed by atoms with Crippen molar-refractivity contribution >= 4 is 0 Å². The molecule has 0 aliphatic heterocycles. The standard InChI is InChI=1S/C15H23N3O/c1-12(2)17-11-14-15(8-7-13(3)18-14)19-10-6-4-5-9-16/h7-8,12,17H,4-6,10-11H2,1-3H3. The normalized spacial score (nSPS) is 10.5. The van der Waals surface area contributed by atoms with Crippen LogP contribution in [0.3, 0.4) is 0 Å². The van der Waals surface area contributed by atoms with Crippen LogP contribution in [0.5, 0.6) is 5.75 Å². The lowest BCUT2D eigenvalue weighted by Gasteiger charge is -2.13.